The molecule has 0 unspecified atom stereocenters. The van der Waals surface area contributed by atoms with Gasteiger partial charge in [-0.2, -0.15) is 5.10 Å². The van der Waals surface area contributed by atoms with Crippen LogP contribution in [0.15, 0.2) is 65.6 Å². The molecule has 0 aliphatic heterocycles. The lowest BCUT2D eigenvalue weighted by Crippen LogP contribution is -2.12. The summed E-state index contributed by atoms with van der Waals surface area (Å²) in [6.45, 7) is 0. The third-order valence-electron chi connectivity index (χ3n) is 3.92. The zero-order valence-corrected chi connectivity index (χ0v) is 13.4. The fourth-order valence-corrected chi connectivity index (χ4v) is 2.64. The van der Waals surface area contributed by atoms with Crippen molar-refractivity contribution >= 4 is 10.9 Å². The van der Waals surface area contributed by atoms with Crippen LogP contribution in [-0.4, -0.2) is 27.3 Å². The maximum atomic E-state index is 12.2. The fraction of sp³-hybridized carbons (Fsp3) is 0.0526. The Kier molecular flexibility index (Phi) is 3.70. The highest BCUT2D eigenvalue weighted by Crippen LogP contribution is 2.26. The average Bonchev–Trinajstić information content (AvgIpc) is 2.69. The molecule has 25 heavy (non-hydrogen) atoms. The van der Waals surface area contributed by atoms with Gasteiger partial charge in [-0.05, 0) is 24.3 Å². The Balaban J connectivity index is 1.89. The molecule has 0 saturated heterocycles. The lowest BCUT2D eigenvalue weighted by Gasteiger charge is -2.07. The summed E-state index contributed by atoms with van der Waals surface area (Å²) in [5, 5.41) is 7.30. The van der Waals surface area contributed by atoms with Crippen LogP contribution in [0.25, 0.3) is 33.5 Å². The quantitative estimate of drug-likeness (QED) is 0.624. The van der Waals surface area contributed by atoms with Gasteiger partial charge in [0.05, 0.1) is 12.5 Å². The SMILES string of the molecule is COc1ccc(-c2n[nH]c(=O)c3nc(-c4ccccc4)ncc23)cc1. The zero-order valence-electron chi connectivity index (χ0n) is 13.4. The molecule has 0 saturated carbocycles. The van der Waals surface area contributed by atoms with Crippen LogP contribution in [0.2, 0.25) is 0 Å². The van der Waals surface area contributed by atoms with Gasteiger partial charge in [0.25, 0.3) is 5.56 Å². The number of methoxy groups -OCH3 is 1. The number of hydrogen-bond acceptors (Lipinski definition) is 5. The van der Waals surface area contributed by atoms with E-state index in [-0.39, 0.29) is 5.56 Å². The van der Waals surface area contributed by atoms with Crippen LogP contribution in [0, 0.1) is 0 Å². The standard InChI is InChI=1S/C19H14N4O2/c1-25-14-9-7-12(8-10-14)16-15-11-20-18(13-5-3-2-4-6-13)21-17(15)19(24)23-22-16/h2-11H,1H3,(H,23,24). The van der Waals surface area contributed by atoms with E-state index in [1.54, 1.807) is 13.3 Å². The monoisotopic (exact) mass is 330 g/mol. The first kappa shape index (κ1) is 15.0. The van der Waals surface area contributed by atoms with E-state index >= 15 is 0 Å². The minimum Gasteiger partial charge on any atom is -0.497 e. The molecular weight excluding hydrogens is 316 g/mol. The molecule has 0 fully saturated rings. The number of rotatable bonds is 3. The van der Waals surface area contributed by atoms with Gasteiger partial charge in [-0.15, -0.1) is 0 Å². The summed E-state index contributed by atoms with van der Waals surface area (Å²) in [5.41, 5.74) is 2.29. The van der Waals surface area contributed by atoms with Gasteiger partial charge in [-0.3, -0.25) is 4.79 Å². The van der Waals surface area contributed by atoms with Crippen molar-refractivity contribution in [1.82, 2.24) is 20.2 Å². The molecule has 0 aliphatic carbocycles. The Morgan fingerprint density at radius 3 is 2.44 bits per heavy atom. The normalized spacial score (nSPS) is 10.8. The number of aromatic nitrogens is 4. The Hall–Kier alpha value is -3.54. The smallest absolute Gasteiger partial charge is 0.290 e. The van der Waals surface area contributed by atoms with Crippen molar-refractivity contribution in [3.8, 4) is 28.4 Å². The average molecular weight is 330 g/mol. The van der Waals surface area contributed by atoms with E-state index in [0.717, 1.165) is 16.9 Å². The highest BCUT2D eigenvalue weighted by Gasteiger charge is 2.12. The summed E-state index contributed by atoms with van der Waals surface area (Å²) in [6, 6.07) is 17.0. The van der Waals surface area contributed by atoms with Gasteiger partial charge < -0.3 is 4.74 Å². The molecule has 2 aromatic carbocycles. The van der Waals surface area contributed by atoms with Crippen molar-refractivity contribution in [2.24, 2.45) is 0 Å². The second kappa shape index (κ2) is 6.16. The number of aromatic amines is 1. The summed E-state index contributed by atoms with van der Waals surface area (Å²) in [4.78, 5) is 21.1. The molecule has 6 heteroatoms. The molecule has 4 rings (SSSR count). The third-order valence-corrected chi connectivity index (χ3v) is 3.92. The van der Waals surface area contributed by atoms with Crippen LogP contribution in [0.4, 0.5) is 0 Å². The van der Waals surface area contributed by atoms with Crippen molar-refractivity contribution in [3.05, 3.63) is 71.1 Å². The number of hydrogen-bond donors (Lipinski definition) is 1. The van der Waals surface area contributed by atoms with E-state index in [2.05, 4.69) is 20.2 Å². The molecule has 0 bridgehead atoms. The molecule has 0 amide bonds. The van der Waals surface area contributed by atoms with E-state index in [1.807, 2.05) is 54.6 Å². The van der Waals surface area contributed by atoms with Crippen LogP contribution in [0.3, 0.4) is 0 Å². The number of benzene rings is 2. The topological polar surface area (TPSA) is 80.8 Å². The van der Waals surface area contributed by atoms with Crippen molar-refractivity contribution in [3.63, 3.8) is 0 Å². The van der Waals surface area contributed by atoms with Crippen molar-refractivity contribution in [2.75, 3.05) is 7.11 Å². The molecule has 122 valence electrons. The second-order valence-corrected chi connectivity index (χ2v) is 5.45. The van der Waals surface area contributed by atoms with E-state index in [1.165, 1.54) is 0 Å². The van der Waals surface area contributed by atoms with Gasteiger partial charge in [0.2, 0.25) is 0 Å². The Morgan fingerprint density at radius 1 is 0.960 bits per heavy atom. The summed E-state index contributed by atoms with van der Waals surface area (Å²) in [6.07, 6.45) is 1.65. The molecule has 0 aliphatic rings. The van der Waals surface area contributed by atoms with E-state index in [0.29, 0.717) is 22.4 Å². The van der Waals surface area contributed by atoms with E-state index in [4.69, 9.17) is 4.74 Å². The highest BCUT2D eigenvalue weighted by atomic mass is 16.5. The van der Waals surface area contributed by atoms with Crippen LogP contribution < -0.4 is 10.3 Å². The second-order valence-electron chi connectivity index (χ2n) is 5.45. The summed E-state index contributed by atoms with van der Waals surface area (Å²) >= 11 is 0. The number of H-pyrrole nitrogens is 1. The lowest BCUT2D eigenvalue weighted by atomic mass is 10.1. The highest BCUT2D eigenvalue weighted by molar-refractivity contribution is 5.91. The van der Waals surface area contributed by atoms with Crippen molar-refractivity contribution < 1.29 is 4.74 Å². The first-order valence-electron chi connectivity index (χ1n) is 7.71. The molecule has 0 atom stereocenters. The predicted molar refractivity (Wildman–Crippen MR) is 95.4 cm³/mol. The van der Waals surface area contributed by atoms with Crippen LogP contribution >= 0.6 is 0 Å². The Labute approximate surface area is 143 Å². The molecule has 6 nitrogen and oxygen atoms in total. The van der Waals surface area contributed by atoms with Crippen LogP contribution in [-0.2, 0) is 0 Å². The molecule has 1 N–H and O–H groups in total. The number of nitrogens with zero attached hydrogens (tertiary/aromatic N) is 3. The number of fused-ring (bicyclic) bond motifs is 1. The fourth-order valence-electron chi connectivity index (χ4n) is 2.64. The molecule has 0 radical (unpaired) electrons. The summed E-state index contributed by atoms with van der Waals surface area (Å²) in [7, 11) is 1.61. The maximum absolute atomic E-state index is 12.2. The number of ether oxygens (including phenoxy) is 1. The molecule has 2 aromatic heterocycles. The first-order chi connectivity index (χ1) is 12.3. The summed E-state index contributed by atoms with van der Waals surface area (Å²) in [5.74, 6) is 1.26. The maximum Gasteiger partial charge on any atom is 0.290 e. The minimum absolute atomic E-state index is 0.315. The van der Waals surface area contributed by atoms with Gasteiger partial charge in [0.15, 0.2) is 5.82 Å². The Morgan fingerprint density at radius 2 is 1.72 bits per heavy atom. The lowest BCUT2D eigenvalue weighted by molar-refractivity contribution is 0.415. The van der Waals surface area contributed by atoms with Crippen molar-refractivity contribution in [2.45, 2.75) is 0 Å². The molecule has 4 aromatic rings. The van der Waals surface area contributed by atoms with Gasteiger partial charge in [0, 0.05) is 17.3 Å². The van der Waals surface area contributed by atoms with Crippen LogP contribution in [0.5, 0.6) is 5.75 Å². The van der Waals surface area contributed by atoms with Gasteiger partial charge in [0.1, 0.15) is 17.0 Å². The van der Waals surface area contributed by atoms with Crippen molar-refractivity contribution in [1.29, 1.82) is 0 Å². The van der Waals surface area contributed by atoms with Gasteiger partial charge in [-0.25, -0.2) is 15.1 Å². The minimum atomic E-state index is -0.341. The number of nitrogens with one attached hydrogen (secondary N) is 1. The van der Waals surface area contributed by atoms with Gasteiger partial charge >= 0.3 is 0 Å². The Bertz CT molecular complexity index is 1090. The third kappa shape index (κ3) is 2.74. The van der Waals surface area contributed by atoms with E-state index in [9.17, 15) is 4.79 Å². The molecular formula is C19H14N4O2. The largest absolute Gasteiger partial charge is 0.497 e. The molecule has 2 heterocycles. The predicted octanol–water partition coefficient (Wildman–Crippen LogP) is 3.06. The first-order valence-corrected chi connectivity index (χ1v) is 7.71. The molecule has 0 spiro atoms. The van der Waals surface area contributed by atoms with E-state index < -0.39 is 0 Å². The van der Waals surface area contributed by atoms with Gasteiger partial charge in [-0.1, -0.05) is 30.3 Å². The van der Waals surface area contributed by atoms with Crippen LogP contribution in [0.1, 0.15) is 0 Å². The zero-order chi connectivity index (χ0) is 17.2. The summed E-state index contributed by atoms with van der Waals surface area (Å²) < 4.78 is 5.17.